The number of benzene rings is 3. The summed E-state index contributed by atoms with van der Waals surface area (Å²) in [6.45, 7) is 3.60. The fourth-order valence-electron chi connectivity index (χ4n) is 4.56. The van der Waals surface area contributed by atoms with Gasteiger partial charge in [0.1, 0.15) is 11.0 Å². The Bertz CT molecular complexity index is 1300. The SMILES string of the molecule is CC(=O)N(c1ccccc1)C1CC(C)N(C(=O)c2ccc3nonc3c2)c2ccccc21. The highest BCUT2D eigenvalue weighted by Gasteiger charge is 2.38. The number of para-hydroxylation sites is 2. The first-order valence-electron chi connectivity index (χ1n) is 10.5. The smallest absolute Gasteiger partial charge is 0.258 e. The third kappa shape index (κ3) is 3.32. The van der Waals surface area contributed by atoms with Crippen molar-refractivity contribution >= 4 is 34.2 Å². The topological polar surface area (TPSA) is 79.5 Å². The first-order chi connectivity index (χ1) is 15.5. The number of rotatable bonds is 3. The second-order valence-electron chi connectivity index (χ2n) is 8.03. The van der Waals surface area contributed by atoms with Gasteiger partial charge in [-0.25, -0.2) is 4.63 Å². The molecule has 1 aliphatic rings. The number of fused-ring (bicyclic) bond motifs is 2. The highest BCUT2D eigenvalue weighted by Crippen LogP contribution is 2.42. The molecule has 0 fully saturated rings. The summed E-state index contributed by atoms with van der Waals surface area (Å²) in [5.74, 6) is -0.158. The van der Waals surface area contributed by atoms with Gasteiger partial charge in [0.15, 0.2) is 0 Å². The maximum atomic E-state index is 13.6. The van der Waals surface area contributed by atoms with E-state index in [0.29, 0.717) is 23.0 Å². The lowest BCUT2D eigenvalue weighted by Crippen LogP contribution is -2.47. The Balaban J connectivity index is 1.57. The number of hydrogen-bond acceptors (Lipinski definition) is 5. The van der Waals surface area contributed by atoms with Crippen LogP contribution in [0.1, 0.15) is 42.2 Å². The Morgan fingerprint density at radius 2 is 1.69 bits per heavy atom. The van der Waals surface area contributed by atoms with E-state index in [1.54, 1.807) is 25.1 Å². The maximum absolute atomic E-state index is 13.6. The molecule has 0 spiro atoms. The molecule has 160 valence electrons. The van der Waals surface area contributed by atoms with Gasteiger partial charge in [-0.3, -0.25) is 9.59 Å². The highest BCUT2D eigenvalue weighted by atomic mass is 16.6. The molecule has 4 aromatic rings. The maximum Gasteiger partial charge on any atom is 0.258 e. The van der Waals surface area contributed by atoms with Crippen molar-refractivity contribution in [3.8, 4) is 0 Å². The van der Waals surface area contributed by atoms with Gasteiger partial charge >= 0.3 is 0 Å². The van der Waals surface area contributed by atoms with Crippen LogP contribution in [-0.4, -0.2) is 28.2 Å². The van der Waals surface area contributed by atoms with Crippen molar-refractivity contribution in [1.29, 1.82) is 0 Å². The summed E-state index contributed by atoms with van der Waals surface area (Å²) in [5, 5.41) is 7.67. The quantitative estimate of drug-likeness (QED) is 0.472. The summed E-state index contributed by atoms with van der Waals surface area (Å²) < 4.78 is 4.77. The van der Waals surface area contributed by atoms with Crippen LogP contribution in [-0.2, 0) is 4.79 Å². The number of amides is 2. The standard InChI is InChI=1S/C25H22N4O3/c1-16-14-24(29(17(2)30)19-8-4-3-5-9-19)20-10-6-7-11-23(20)28(16)25(31)18-12-13-21-22(15-18)27-32-26-21/h3-13,15-16,24H,14H2,1-2H3. The summed E-state index contributed by atoms with van der Waals surface area (Å²) >= 11 is 0. The first kappa shape index (κ1) is 19.9. The van der Waals surface area contributed by atoms with Crippen molar-refractivity contribution in [1.82, 2.24) is 10.3 Å². The van der Waals surface area contributed by atoms with Crippen molar-refractivity contribution in [2.24, 2.45) is 0 Å². The lowest BCUT2D eigenvalue weighted by atomic mass is 9.89. The summed E-state index contributed by atoms with van der Waals surface area (Å²) in [6, 6.07) is 22.3. The molecule has 0 bridgehead atoms. The fraction of sp³-hybridized carbons (Fsp3) is 0.200. The zero-order valence-corrected chi connectivity index (χ0v) is 17.8. The van der Waals surface area contributed by atoms with E-state index in [1.807, 2.05) is 71.3 Å². The Morgan fingerprint density at radius 3 is 2.47 bits per heavy atom. The van der Waals surface area contributed by atoms with Crippen LogP contribution in [0, 0.1) is 0 Å². The Hall–Kier alpha value is -4.00. The minimum atomic E-state index is -0.174. The van der Waals surface area contributed by atoms with E-state index < -0.39 is 0 Å². The zero-order valence-electron chi connectivity index (χ0n) is 17.8. The molecule has 5 rings (SSSR count). The van der Waals surface area contributed by atoms with Crippen LogP contribution in [0.2, 0.25) is 0 Å². The van der Waals surface area contributed by atoms with E-state index in [4.69, 9.17) is 4.63 Å². The molecule has 7 nitrogen and oxygen atoms in total. The van der Waals surface area contributed by atoms with Gasteiger partial charge in [-0.15, -0.1) is 0 Å². The Morgan fingerprint density at radius 1 is 0.969 bits per heavy atom. The number of carbonyl (C=O) groups is 2. The average molecular weight is 426 g/mol. The van der Waals surface area contributed by atoms with E-state index in [0.717, 1.165) is 16.9 Å². The van der Waals surface area contributed by atoms with Crippen molar-refractivity contribution in [3.05, 3.63) is 83.9 Å². The van der Waals surface area contributed by atoms with Crippen molar-refractivity contribution in [3.63, 3.8) is 0 Å². The normalized spacial score (nSPS) is 17.8. The van der Waals surface area contributed by atoms with Gasteiger partial charge in [-0.05, 0) is 65.6 Å². The second kappa shape index (κ2) is 7.92. The summed E-state index contributed by atoms with van der Waals surface area (Å²) in [5.41, 5.74) is 4.26. The predicted molar refractivity (Wildman–Crippen MR) is 121 cm³/mol. The lowest BCUT2D eigenvalue weighted by Gasteiger charge is -2.43. The number of anilines is 2. The molecule has 32 heavy (non-hydrogen) atoms. The zero-order chi connectivity index (χ0) is 22.2. The molecule has 0 N–H and O–H groups in total. The van der Waals surface area contributed by atoms with Crippen LogP contribution in [0.3, 0.4) is 0 Å². The summed E-state index contributed by atoms with van der Waals surface area (Å²) in [7, 11) is 0. The van der Waals surface area contributed by atoms with Gasteiger partial charge in [0, 0.05) is 29.9 Å². The Kier molecular flexibility index (Phi) is 4.93. The third-order valence-electron chi connectivity index (χ3n) is 5.97. The minimum Gasteiger partial charge on any atom is -0.305 e. The minimum absolute atomic E-state index is 0.0352. The largest absolute Gasteiger partial charge is 0.305 e. The molecule has 2 heterocycles. The molecule has 1 aliphatic heterocycles. The van der Waals surface area contributed by atoms with E-state index in [2.05, 4.69) is 10.3 Å². The fourth-order valence-corrected chi connectivity index (χ4v) is 4.56. The molecule has 2 atom stereocenters. The molecule has 7 heteroatoms. The van der Waals surface area contributed by atoms with Crippen LogP contribution in [0.25, 0.3) is 11.0 Å². The average Bonchev–Trinajstić information content (AvgIpc) is 3.27. The van der Waals surface area contributed by atoms with Gasteiger partial charge in [0.2, 0.25) is 5.91 Å². The van der Waals surface area contributed by atoms with Gasteiger partial charge in [0.05, 0.1) is 6.04 Å². The third-order valence-corrected chi connectivity index (χ3v) is 5.97. The van der Waals surface area contributed by atoms with E-state index >= 15 is 0 Å². The van der Waals surface area contributed by atoms with Gasteiger partial charge in [-0.1, -0.05) is 36.4 Å². The van der Waals surface area contributed by atoms with Crippen molar-refractivity contribution in [2.45, 2.75) is 32.4 Å². The van der Waals surface area contributed by atoms with E-state index in [1.165, 1.54) is 0 Å². The van der Waals surface area contributed by atoms with Gasteiger partial charge in [-0.2, -0.15) is 0 Å². The molecule has 0 saturated carbocycles. The van der Waals surface area contributed by atoms with Crippen molar-refractivity contribution < 1.29 is 14.2 Å². The summed E-state index contributed by atoms with van der Waals surface area (Å²) in [6.07, 6.45) is 0.616. The first-order valence-corrected chi connectivity index (χ1v) is 10.5. The second-order valence-corrected chi connectivity index (χ2v) is 8.03. The van der Waals surface area contributed by atoms with Crippen LogP contribution < -0.4 is 9.80 Å². The van der Waals surface area contributed by atoms with E-state index in [9.17, 15) is 9.59 Å². The van der Waals surface area contributed by atoms with Crippen LogP contribution >= 0.6 is 0 Å². The van der Waals surface area contributed by atoms with Gasteiger partial charge in [0.25, 0.3) is 5.91 Å². The highest BCUT2D eigenvalue weighted by molar-refractivity contribution is 6.09. The van der Waals surface area contributed by atoms with Crippen LogP contribution in [0.15, 0.2) is 77.4 Å². The number of aromatic nitrogens is 2. The van der Waals surface area contributed by atoms with Crippen molar-refractivity contribution in [2.75, 3.05) is 9.80 Å². The predicted octanol–water partition coefficient (Wildman–Crippen LogP) is 4.76. The molecule has 1 aromatic heterocycles. The molecule has 0 saturated heterocycles. The lowest BCUT2D eigenvalue weighted by molar-refractivity contribution is -0.117. The van der Waals surface area contributed by atoms with Crippen LogP contribution in [0.5, 0.6) is 0 Å². The molecular weight excluding hydrogens is 404 g/mol. The monoisotopic (exact) mass is 426 g/mol. The number of nitrogens with zero attached hydrogens (tertiary/aromatic N) is 4. The molecule has 2 unspecified atom stereocenters. The number of carbonyl (C=O) groups excluding carboxylic acids is 2. The number of hydrogen-bond donors (Lipinski definition) is 0. The van der Waals surface area contributed by atoms with Gasteiger partial charge < -0.3 is 9.80 Å². The Labute approximate surface area is 185 Å². The molecule has 2 amide bonds. The molecule has 3 aromatic carbocycles. The molecular formula is C25H22N4O3. The summed E-state index contributed by atoms with van der Waals surface area (Å²) in [4.78, 5) is 29.9. The van der Waals surface area contributed by atoms with Crippen LogP contribution in [0.4, 0.5) is 11.4 Å². The van der Waals surface area contributed by atoms with E-state index in [-0.39, 0.29) is 23.9 Å². The molecule has 0 aliphatic carbocycles. The molecule has 0 radical (unpaired) electrons.